The first-order valence-electron chi connectivity index (χ1n) is 10.2. The van der Waals surface area contributed by atoms with Gasteiger partial charge >= 0.3 is 0 Å². The van der Waals surface area contributed by atoms with Crippen molar-refractivity contribution in [1.29, 1.82) is 0 Å². The first-order chi connectivity index (χ1) is 15.1. The fourth-order valence-electron chi connectivity index (χ4n) is 3.46. The van der Waals surface area contributed by atoms with Gasteiger partial charge in [-0.1, -0.05) is 0 Å². The maximum absolute atomic E-state index is 12.6. The molecule has 148 valence electrons. The van der Waals surface area contributed by atoms with Gasteiger partial charge in [0.2, 0.25) is 0 Å². The highest BCUT2D eigenvalue weighted by Gasteiger charge is 2.21. The molecular weight excluding hydrogens is 379 g/mol. The van der Waals surface area contributed by atoms with Gasteiger partial charge in [0.25, 0.3) is 0 Å². The molecule has 0 radical (unpaired) electrons. The largest absolute Gasteiger partial charge is 0.371 e. The number of nitrogens with zero attached hydrogens (tertiary/aromatic N) is 4. The monoisotopic (exact) mass is 399 g/mol. The molecule has 0 N–H and O–H groups in total. The van der Waals surface area contributed by atoms with E-state index in [-0.39, 0.29) is 12.7 Å². The molecule has 0 aromatic carbocycles. The highest BCUT2D eigenvalue weighted by Crippen LogP contribution is 2.27. The third kappa shape index (κ3) is 3.82. The highest BCUT2D eigenvalue weighted by atomic mass is 19.1. The van der Waals surface area contributed by atoms with E-state index >= 15 is 0 Å². The molecule has 5 aliphatic rings. The van der Waals surface area contributed by atoms with Crippen LogP contribution in [0.4, 0.5) is 4.39 Å². The minimum Gasteiger partial charge on any atom is -0.371 e. The average molecular weight is 399 g/mol. The van der Waals surface area contributed by atoms with E-state index in [1.165, 1.54) is 0 Å². The summed E-state index contributed by atoms with van der Waals surface area (Å²) in [6.07, 6.45) is 18.4. The van der Waals surface area contributed by atoms with Crippen LogP contribution in [0.5, 0.6) is 0 Å². The molecule has 5 rings (SSSR count). The van der Waals surface area contributed by atoms with Gasteiger partial charge in [-0.2, -0.15) is 0 Å². The van der Waals surface area contributed by atoms with Crippen molar-refractivity contribution in [2.75, 3.05) is 13.3 Å². The number of hydrogen-bond donors (Lipinski definition) is 0. The summed E-state index contributed by atoms with van der Waals surface area (Å²) in [7, 11) is 0. The third-order valence-corrected chi connectivity index (χ3v) is 4.84. The Morgan fingerprint density at radius 1 is 0.800 bits per heavy atom. The van der Waals surface area contributed by atoms with Crippen LogP contribution in [-0.4, -0.2) is 42.2 Å². The van der Waals surface area contributed by atoms with Gasteiger partial charge < -0.3 is 4.74 Å². The molecule has 5 nitrogen and oxygen atoms in total. The van der Waals surface area contributed by atoms with Crippen molar-refractivity contribution in [3.05, 3.63) is 95.2 Å². The second kappa shape index (κ2) is 7.72. The molecule has 30 heavy (non-hydrogen) atoms. The number of rotatable bonds is 4. The lowest BCUT2D eigenvalue weighted by atomic mass is 10.1. The molecule has 1 unspecified atom stereocenters. The number of fused-ring (bicyclic) bond motifs is 4. The summed E-state index contributed by atoms with van der Waals surface area (Å²) in [5, 5.41) is 0. The van der Waals surface area contributed by atoms with Gasteiger partial charge in [0, 0.05) is 5.57 Å². The number of ether oxygens (including phenoxy) is 1. The van der Waals surface area contributed by atoms with Crippen molar-refractivity contribution in [1.82, 2.24) is 0 Å². The summed E-state index contributed by atoms with van der Waals surface area (Å²) in [6, 6.07) is 0.246. The van der Waals surface area contributed by atoms with Crippen molar-refractivity contribution in [3.8, 4) is 0 Å². The van der Waals surface area contributed by atoms with Crippen molar-refractivity contribution in [3.63, 3.8) is 0 Å². The molecule has 5 aliphatic heterocycles. The second-order valence-electron chi connectivity index (χ2n) is 7.08. The number of hydrogen-bond acceptors (Lipinski definition) is 5. The van der Waals surface area contributed by atoms with E-state index in [9.17, 15) is 4.39 Å². The van der Waals surface area contributed by atoms with Crippen LogP contribution >= 0.6 is 0 Å². The van der Waals surface area contributed by atoms with Crippen LogP contribution in [0.1, 0.15) is 8.29 Å². The van der Waals surface area contributed by atoms with Gasteiger partial charge in [0.15, 0.2) is 0 Å². The lowest BCUT2D eigenvalue weighted by molar-refractivity contribution is 0.0798. The molecule has 0 fully saturated rings. The zero-order valence-corrected chi connectivity index (χ0v) is 16.3. The molecule has 1 atom stereocenters. The Bertz CT molecular complexity index is 1230. The smallest absolute Gasteiger partial charge is 0.113 e. The highest BCUT2D eigenvalue weighted by molar-refractivity contribution is 6.15. The Hall–Kier alpha value is -3.51. The summed E-state index contributed by atoms with van der Waals surface area (Å²) < 4.78 is 26.9. The van der Waals surface area contributed by atoms with Gasteiger partial charge in [-0.3, -0.25) is 0 Å². The molecule has 0 amide bonds. The Labute approximate surface area is 175 Å². The van der Waals surface area contributed by atoms with Crippen molar-refractivity contribution in [2.24, 2.45) is 20.0 Å². The number of halogens is 1. The number of aliphatic imine (C=N–C) groups is 4. The van der Waals surface area contributed by atoms with E-state index < -0.39 is 12.8 Å². The SMILES string of the molecule is [2H]C1=C(C(C)OCCF)C2=CC3=NC(=CC4=NC(=CC5=NC(=CC1=N2)C=C5)C=C4)C=C3. The number of alkyl halides is 1. The molecule has 0 spiro atoms. The van der Waals surface area contributed by atoms with E-state index in [4.69, 9.17) is 6.11 Å². The molecule has 0 saturated heterocycles. The standard InChI is InChI=1S/C24H19FN4O/c1-15(30-9-8-25)23-13-22-12-20-5-4-18(27-20)10-16-2-3-17(26-16)11-19-6-7-21(28-19)14-24(23)29-22/h2-7,10-15H,8-9H2,1H3/i13D. The second-order valence-corrected chi connectivity index (χ2v) is 7.08. The van der Waals surface area contributed by atoms with E-state index in [1.54, 1.807) is 13.0 Å². The number of allylic oxidation sites excluding steroid dienone is 11. The van der Waals surface area contributed by atoms with E-state index in [0.29, 0.717) is 28.4 Å². The average Bonchev–Trinajstić information content (AvgIpc) is 3.52. The maximum Gasteiger partial charge on any atom is 0.113 e. The van der Waals surface area contributed by atoms with Crippen molar-refractivity contribution < 1.29 is 10.5 Å². The summed E-state index contributed by atoms with van der Waals surface area (Å²) in [6.45, 7) is 1.19. The topological polar surface area (TPSA) is 58.7 Å². The quantitative estimate of drug-likeness (QED) is 0.694. The van der Waals surface area contributed by atoms with E-state index in [2.05, 4.69) is 20.0 Å². The van der Waals surface area contributed by atoms with Crippen LogP contribution in [-0.2, 0) is 4.74 Å². The molecule has 6 heteroatoms. The molecule has 0 aromatic heterocycles. The van der Waals surface area contributed by atoms with Crippen molar-refractivity contribution >= 4 is 22.8 Å². The Kier molecular flexibility index (Phi) is 4.47. The van der Waals surface area contributed by atoms with Gasteiger partial charge in [-0.05, 0) is 73.7 Å². The summed E-state index contributed by atoms with van der Waals surface area (Å²) in [5.41, 5.74) is 6.30. The predicted molar refractivity (Wildman–Crippen MR) is 119 cm³/mol. The normalized spacial score (nSPS) is 22.8. The van der Waals surface area contributed by atoms with Gasteiger partial charge in [0.1, 0.15) is 6.67 Å². The maximum atomic E-state index is 12.6. The first-order valence-corrected chi connectivity index (χ1v) is 9.74. The summed E-state index contributed by atoms with van der Waals surface area (Å²) in [5.74, 6) is 0. The van der Waals surface area contributed by atoms with E-state index in [1.807, 2.05) is 54.7 Å². The molecule has 0 aliphatic carbocycles. The minimum absolute atomic E-state index is 0.0317. The molecular formula is C24H19FN4O. The Balaban J connectivity index is 1.63. The lowest BCUT2D eigenvalue weighted by Gasteiger charge is -2.13. The molecule has 8 bridgehead atoms. The first kappa shape index (κ1) is 17.4. The van der Waals surface area contributed by atoms with Gasteiger partial charge in [-0.25, -0.2) is 24.4 Å². The minimum atomic E-state index is -0.582. The molecule has 5 heterocycles. The fourth-order valence-corrected chi connectivity index (χ4v) is 3.46. The Morgan fingerprint density at radius 2 is 1.33 bits per heavy atom. The zero-order valence-electron chi connectivity index (χ0n) is 17.3. The van der Waals surface area contributed by atoms with Crippen LogP contribution in [0.25, 0.3) is 0 Å². The molecule has 0 aromatic rings. The van der Waals surface area contributed by atoms with E-state index in [0.717, 1.165) is 22.8 Å². The van der Waals surface area contributed by atoms with Crippen molar-refractivity contribution in [2.45, 2.75) is 13.0 Å². The third-order valence-electron chi connectivity index (χ3n) is 4.84. The molecule has 0 saturated carbocycles. The van der Waals surface area contributed by atoms with Crippen LogP contribution in [0.2, 0.25) is 0 Å². The zero-order chi connectivity index (χ0) is 21.4. The van der Waals surface area contributed by atoms with Crippen LogP contribution in [0, 0.1) is 0 Å². The van der Waals surface area contributed by atoms with Crippen LogP contribution in [0.3, 0.4) is 0 Å². The summed E-state index contributed by atoms with van der Waals surface area (Å²) in [4.78, 5) is 18.5. The van der Waals surface area contributed by atoms with Crippen LogP contribution < -0.4 is 0 Å². The predicted octanol–water partition coefficient (Wildman–Crippen LogP) is 4.32. The summed E-state index contributed by atoms with van der Waals surface area (Å²) >= 11 is 0. The fraction of sp³-hybridized carbons (Fsp3) is 0.167. The Morgan fingerprint density at radius 3 is 1.90 bits per heavy atom. The van der Waals surface area contributed by atoms with Crippen LogP contribution in [0.15, 0.2) is 115 Å². The van der Waals surface area contributed by atoms with Gasteiger partial charge in [0.05, 0.1) is 59.7 Å². The van der Waals surface area contributed by atoms with Gasteiger partial charge in [-0.15, -0.1) is 0 Å². The lowest BCUT2D eigenvalue weighted by Crippen LogP contribution is -2.14.